The van der Waals surface area contributed by atoms with Crippen LogP contribution in [0.4, 0.5) is 0 Å². The second kappa shape index (κ2) is 8.91. The summed E-state index contributed by atoms with van der Waals surface area (Å²) in [6.07, 6.45) is 5.28. The van der Waals surface area contributed by atoms with Crippen LogP contribution in [0.1, 0.15) is 38.2 Å². The molecule has 0 amide bonds. The fraction of sp³-hybridized carbons (Fsp3) is 0.455. The van der Waals surface area contributed by atoms with E-state index in [9.17, 15) is 5.11 Å². The van der Waals surface area contributed by atoms with E-state index in [2.05, 4.69) is 12.1 Å². The van der Waals surface area contributed by atoms with Gasteiger partial charge in [-0.15, -0.1) is 0 Å². The molecule has 1 saturated carbocycles. The summed E-state index contributed by atoms with van der Waals surface area (Å²) in [5, 5.41) is 10.1. The minimum Gasteiger partial charge on any atom is -0.490 e. The van der Waals surface area contributed by atoms with Gasteiger partial charge in [0.1, 0.15) is 24.2 Å². The van der Waals surface area contributed by atoms with Crippen LogP contribution >= 0.6 is 0 Å². The van der Waals surface area contributed by atoms with E-state index in [0.29, 0.717) is 12.5 Å². The zero-order valence-corrected chi connectivity index (χ0v) is 14.9. The van der Waals surface area contributed by atoms with E-state index in [0.717, 1.165) is 37.2 Å². The van der Waals surface area contributed by atoms with Crippen LogP contribution in [0.15, 0.2) is 54.6 Å². The largest absolute Gasteiger partial charge is 0.490 e. The number of aliphatic hydroxyl groups is 1. The molecule has 0 unspecified atom stereocenters. The van der Waals surface area contributed by atoms with Crippen molar-refractivity contribution in [2.75, 3.05) is 6.61 Å². The van der Waals surface area contributed by atoms with Crippen LogP contribution in [0.5, 0.6) is 11.5 Å². The Kier molecular flexibility index (Phi) is 6.35. The zero-order valence-electron chi connectivity index (χ0n) is 14.9. The smallest absolute Gasteiger partial charge is 0.130 e. The molecule has 3 heteroatoms. The van der Waals surface area contributed by atoms with Crippen LogP contribution in [-0.4, -0.2) is 23.9 Å². The molecule has 2 aromatic carbocycles. The Morgan fingerprint density at radius 2 is 1.68 bits per heavy atom. The van der Waals surface area contributed by atoms with E-state index in [4.69, 9.17) is 9.47 Å². The Balaban J connectivity index is 1.45. The van der Waals surface area contributed by atoms with E-state index in [1.807, 2.05) is 49.4 Å². The van der Waals surface area contributed by atoms with Gasteiger partial charge in [-0.25, -0.2) is 0 Å². The second-order valence-corrected chi connectivity index (χ2v) is 7.01. The highest BCUT2D eigenvalue weighted by Crippen LogP contribution is 2.28. The molecule has 2 aromatic rings. The third-order valence-corrected chi connectivity index (χ3v) is 4.86. The summed E-state index contributed by atoms with van der Waals surface area (Å²) in [5.41, 5.74) is 1.27. The minimum atomic E-state index is -0.138. The molecule has 0 aromatic heterocycles. The molecule has 1 N–H and O–H groups in total. The highest BCUT2D eigenvalue weighted by Gasteiger charge is 2.22. The molecule has 3 rings (SSSR count). The predicted octanol–water partition coefficient (Wildman–Crippen LogP) is 4.63. The van der Waals surface area contributed by atoms with Gasteiger partial charge in [0.2, 0.25) is 0 Å². The van der Waals surface area contributed by atoms with Crippen molar-refractivity contribution in [3.8, 4) is 11.5 Å². The summed E-state index contributed by atoms with van der Waals surface area (Å²) < 4.78 is 11.7. The molecule has 0 aliphatic heterocycles. The van der Waals surface area contributed by atoms with E-state index in [1.165, 1.54) is 12.0 Å². The third-order valence-electron chi connectivity index (χ3n) is 4.86. The Morgan fingerprint density at radius 3 is 2.40 bits per heavy atom. The first-order valence-corrected chi connectivity index (χ1v) is 9.32. The first kappa shape index (κ1) is 17.8. The first-order valence-electron chi connectivity index (χ1n) is 9.32. The van der Waals surface area contributed by atoms with Gasteiger partial charge in [-0.1, -0.05) is 43.2 Å². The van der Waals surface area contributed by atoms with E-state index >= 15 is 0 Å². The van der Waals surface area contributed by atoms with Crippen LogP contribution in [0.3, 0.4) is 0 Å². The minimum absolute atomic E-state index is 0.0144. The number of rotatable bonds is 7. The Bertz CT molecular complexity index is 623. The molecule has 25 heavy (non-hydrogen) atoms. The normalized spacial score (nSPS) is 21.5. The van der Waals surface area contributed by atoms with Gasteiger partial charge in [0.25, 0.3) is 0 Å². The molecule has 1 aliphatic rings. The van der Waals surface area contributed by atoms with Gasteiger partial charge in [-0.3, -0.25) is 0 Å². The summed E-state index contributed by atoms with van der Waals surface area (Å²) in [6, 6.07) is 18.0. The second-order valence-electron chi connectivity index (χ2n) is 7.01. The summed E-state index contributed by atoms with van der Waals surface area (Å²) in [5.74, 6) is 2.12. The molecule has 3 nitrogen and oxygen atoms in total. The highest BCUT2D eigenvalue weighted by molar-refractivity contribution is 5.28. The van der Waals surface area contributed by atoms with E-state index < -0.39 is 0 Å². The van der Waals surface area contributed by atoms with Gasteiger partial charge in [0, 0.05) is 0 Å². The molecular formula is C22H28O3. The quantitative estimate of drug-likeness (QED) is 0.799. The average molecular weight is 340 g/mol. The van der Waals surface area contributed by atoms with Crippen LogP contribution in [0.25, 0.3) is 0 Å². The third kappa shape index (κ3) is 5.50. The van der Waals surface area contributed by atoms with E-state index in [1.54, 1.807) is 0 Å². The number of aliphatic hydroxyl groups excluding tert-OH is 1. The van der Waals surface area contributed by atoms with Crippen LogP contribution in [0.2, 0.25) is 0 Å². The molecule has 1 fully saturated rings. The van der Waals surface area contributed by atoms with Crippen molar-refractivity contribution in [1.82, 2.24) is 0 Å². The SMILES string of the molecule is C[C@@H](COc1ccc(C[C@H]2CCCC[C@H]2O)cc1)Oc1ccccc1. The Morgan fingerprint density at radius 1 is 0.960 bits per heavy atom. The van der Waals surface area contributed by atoms with Gasteiger partial charge in [-0.05, 0) is 61.9 Å². The lowest BCUT2D eigenvalue weighted by atomic mass is 9.82. The van der Waals surface area contributed by atoms with Gasteiger partial charge in [0.05, 0.1) is 6.10 Å². The van der Waals surface area contributed by atoms with Crippen molar-refractivity contribution in [3.05, 3.63) is 60.2 Å². The highest BCUT2D eigenvalue weighted by atomic mass is 16.5. The van der Waals surface area contributed by atoms with Crippen molar-refractivity contribution in [3.63, 3.8) is 0 Å². The molecular weight excluding hydrogens is 312 g/mol. The van der Waals surface area contributed by atoms with Crippen molar-refractivity contribution in [2.24, 2.45) is 5.92 Å². The maximum Gasteiger partial charge on any atom is 0.130 e. The van der Waals surface area contributed by atoms with Crippen molar-refractivity contribution in [2.45, 2.75) is 51.2 Å². The standard InChI is InChI=1S/C22H28O3/c1-17(25-21-8-3-2-4-9-21)16-24-20-13-11-18(12-14-20)15-19-7-5-6-10-22(19)23/h2-4,8-9,11-14,17,19,22-23H,5-7,10,15-16H2,1H3/t17-,19+,22+/m0/s1. The summed E-state index contributed by atoms with van der Waals surface area (Å²) in [6.45, 7) is 2.52. The topological polar surface area (TPSA) is 38.7 Å². The fourth-order valence-electron chi connectivity index (χ4n) is 3.43. The van der Waals surface area contributed by atoms with Gasteiger partial charge < -0.3 is 14.6 Å². The Hall–Kier alpha value is -2.00. The number of benzene rings is 2. The maximum absolute atomic E-state index is 10.1. The molecule has 1 aliphatic carbocycles. The molecule has 0 bridgehead atoms. The van der Waals surface area contributed by atoms with E-state index in [-0.39, 0.29) is 12.2 Å². The fourth-order valence-corrected chi connectivity index (χ4v) is 3.43. The molecule has 0 spiro atoms. The molecule has 0 heterocycles. The molecule has 0 saturated heterocycles. The molecule has 134 valence electrons. The lowest BCUT2D eigenvalue weighted by Gasteiger charge is -2.27. The number of para-hydroxylation sites is 1. The number of ether oxygens (including phenoxy) is 2. The first-order chi connectivity index (χ1) is 12.2. The van der Waals surface area contributed by atoms with Crippen molar-refractivity contribution < 1.29 is 14.6 Å². The van der Waals surface area contributed by atoms with Crippen molar-refractivity contribution in [1.29, 1.82) is 0 Å². The average Bonchev–Trinajstić information content (AvgIpc) is 2.64. The lowest BCUT2D eigenvalue weighted by molar-refractivity contribution is 0.0700. The van der Waals surface area contributed by atoms with Crippen LogP contribution < -0.4 is 9.47 Å². The van der Waals surface area contributed by atoms with Gasteiger partial charge in [-0.2, -0.15) is 0 Å². The maximum atomic E-state index is 10.1. The zero-order chi connectivity index (χ0) is 17.5. The lowest BCUT2D eigenvalue weighted by Crippen LogP contribution is -2.26. The Labute approximate surface area is 150 Å². The van der Waals surface area contributed by atoms with Crippen LogP contribution in [0, 0.1) is 5.92 Å². The van der Waals surface area contributed by atoms with Crippen LogP contribution in [-0.2, 0) is 6.42 Å². The monoisotopic (exact) mass is 340 g/mol. The summed E-state index contributed by atoms with van der Waals surface area (Å²) >= 11 is 0. The van der Waals surface area contributed by atoms with Gasteiger partial charge >= 0.3 is 0 Å². The summed E-state index contributed by atoms with van der Waals surface area (Å²) in [4.78, 5) is 0. The molecule has 3 atom stereocenters. The number of hydrogen-bond donors (Lipinski definition) is 1. The van der Waals surface area contributed by atoms with Gasteiger partial charge in [0.15, 0.2) is 0 Å². The predicted molar refractivity (Wildman–Crippen MR) is 100 cm³/mol. The van der Waals surface area contributed by atoms with Crippen molar-refractivity contribution >= 4 is 0 Å². The summed E-state index contributed by atoms with van der Waals surface area (Å²) in [7, 11) is 0. The number of hydrogen-bond acceptors (Lipinski definition) is 3. The molecule has 0 radical (unpaired) electrons.